The minimum Gasteiger partial charge on any atom is -0.432 e. The molecule has 0 bridgehead atoms. The quantitative estimate of drug-likeness (QED) is 0.319. The molecule has 0 aromatic rings. The molecule has 16 heavy (non-hydrogen) atoms. The van der Waals surface area contributed by atoms with Gasteiger partial charge in [-0.1, -0.05) is 18.7 Å². The van der Waals surface area contributed by atoms with Gasteiger partial charge in [-0.25, -0.2) is 4.79 Å². The molecule has 0 spiro atoms. The number of hydrogen-bond acceptors (Lipinski definition) is 3. The number of ketones is 1. The zero-order chi connectivity index (χ0) is 12.4. The molecule has 1 fully saturated rings. The molecular formula is C13H18O3. The van der Waals surface area contributed by atoms with Crippen molar-refractivity contribution in [1.82, 2.24) is 0 Å². The molecule has 0 saturated heterocycles. The fourth-order valence-electron chi connectivity index (χ4n) is 1.35. The van der Waals surface area contributed by atoms with Crippen molar-refractivity contribution >= 4 is 11.8 Å². The second kappa shape index (κ2) is 8.65. The fraction of sp³-hybridized carbons (Fsp3) is 0.385. The third-order valence-corrected chi connectivity index (χ3v) is 2.14. The first-order valence-electron chi connectivity index (χ1n) is 5.25. The van der Waals surface area contributed by atoms with Crippen molar-refractivity contribution < 1.29 is 14.3 Å². The van der Waals surface area contributed by atoms with Crippen LogP contribution in [0.3, 0.4) is 0 Å². The molecule has 3 heteroatoms. The maximum absolute atomic E-state index is 10.7. The first-order chi connectivity index (χ1) is 7.65. The molecule has 3 nitrogen and oxygen atoms in total. The lowest BCUT2D eigenvalue weighted by Gasteiger charge is -1.94. The number of rotatable bonds is 3. The summed E-state index contributed by atoms with van der Waals surface area (Å²) in [5, 5.41) is 0. The highest BCUT2D eigenvalue weighted by atomic mass is 16.5. The average molecular weight is 222 g/mol. The molecular weight excluding hydrogens is 204 g/mol. The molecule has 0 aromatic heterocycles. The Kier molecular flexibility index (Phi) is 7.76. The number of carbonyl (C=O) groups is 2. The Morgan fingerprint density at radius 1 is 1.50 bits per heavy atom. The molecule has 1 rings (SSSR count). The van der Waals surface area contributed by atoms with Crippen LogP contribution in [0, 0.1) is 5.92 Å². The van der Waals surface area contributed by atoms with Gasteiger partial charge in [0.25, 0.3) is 0 Å². The second-order valence-corrected chi connectivity index (χ2v) is 3.30. The molecule has 1 unspecified atom stereocenters. The van der Waals surface area contributed by atoms with Gasteiger partial charge in [-0.3, -0.25) is 4.79 Å². The zero-order valence-electron chi connectivity index (χ0n) is 9.65. The Balaban J connectivity index is 0.000000281. The predicted octanol–water partition coefficient (Wildman–Crippen LogP) is 2.79. The summed E-state index contributed by atoms with van der Waals surface area (Å²) in [6.07, 6.45) is 8.65. The van der Waals surface area contributed by atoms with Gasteiger partial charge in [-0.15, -0.1) is 6.58 Å². The Bertz CT molecular complexity index is 290. The number of hydrogen-bond donors (Lipinski definition) is 0. The molecule has 1 saturated carbocycles. The van der Waals surface area contributed by atoms with Crippen molar-refractivity contribution in [1.29, 1.82) is 0 Å². The minimum absolute atomic E-state index is 0.190. The first-order valence-corrected chi connectivity index (χ1v) is 5.25. The van der Waals surface area contributed by atoms with Crippen molar-refractivity contribution in [3.8, 4) is 0 Å². The van der Waals surface area contributed by atoms with Crippen LogP contribution in [-0.4, -0.2) is 11.8 Å². The van der Waals surface area contributed by atoms with Crippen LogP contribution in [0.2, 0.25) is 0 Å². The summed E-state index contributed by atoms with van der Waals surface area (Å²) in [7, 11) is 0. The van der Waals surface area contributed by atoms with Gasteiger partial charge in [0.05, 0.1) is 6.26 Å². The number of allylic oxidation sites excluding steroid dienone is 2. The number of Topliss-reactive ketones (excluding diaryl/α,β-unsaturated/α-hetero) is 1. The van der Waals surface area contributed by atoms with Crippen LogP contribution in [0.1, 0.15) is 26.2 Å². The van der Waals surface area contributed by atoms with E-state index in [-0.39, 0.29) is 11.9 Å². The summed E-state index contributed by atoms with van der Waals surface area (Å²) in [6, 6.07) is 0. The first kappa shape index (κ1) is 14.4. The topological polar surface area (TPSA) is 43.4 Å². The average Bonchev–Trinajstić information content (AvgIpc) is 2.65. The highest BCUT2D eigenvalue weighted by Gasteiger charge is 2.20. The summed E-state index contributed by atoms with van der Waals surface area (Å²) in [4.78, 5) is 21.0. The third kappa shape index (κ3) is 5.96. The van der Waals surface area contributed by atoms with Crippen molar-refractivity contribution in [3.05, 3.63) is 37.6 Å². The molecule has 0 aliphatic heterocycles. The van der Waals surface area contributed by atoms with E-state index in [1.54, 1.807) is 19.1 Å². The summed E-state index contributed by atoms with van der Waals surface area (Å²) in [5.74, 6) is 0.178. The van der Waals surface area contributed by atoms with Gasteiger partial charge >= 0.3 is 5.97 Å². The molecule has 88 valence electrons. The van der Waals surface area contributed by atoms with Crippen LogP contribution in [0.4, 0.5) is 0 Å². The van der Waals surface area contributed by atoms with E-state index < -0.39 is 0 Å². The van der Waals surface area contributed by atoms with Crippen molar-refractivity contribution in [3.63, 3.8) is 0 Å². The Labute approximate surface area is 96.5 Å². The molecule has 1 atom stereocenters. The van der Waals surface area contributed by atoms with Crippen molar-refractivity contribution in [2.75, 3.05) is 0 Å². The molecule has 0 radical (unpaired) electrons. The summed E-state index contributed by atoms with van der Waals surface area (Å²) in [5.41, 5.74) is 0. The van der Waals surface area contributed by atoms with Gasteiger partial charge in [0.1, 0.15) is 5.78 Å². The lowest BCUT2D eigenvalue weighted by atomic mass is 10.1. The smallest absolute Gasteiger partial charge is 0.335 e. The van der Waals surface area contributed by atoms with Crippen LogP contribution < -0.4 is 0 Å². The zero-order valence-corrected chi connectivity index (χ0v) is 9.65. The van der Waals surface area contributed by atoms with Crippen LogP contribution in [0.15, 0.2) is 37.6 Å². The highest BCUT2D eigenvalue weighted by molar-refractivity contribution is 5.84. The van der Waals surface area contributed by atoms with E-state index in [1.165, 1.54) is 6.08 Å². The third-order valence-electron chi connectivity index (χ3n) is 2.14. The highest BCUT2D eigenvalue weighted by Crippen LogP contribution is 2.21. The summed E-state index contributed by atoms with van der Waals surface area (Å²) < 4.78 is 4.32. The van der Waals surface area contributed by atoms with Gasteiger partial charge in [0.15, 0.2) is 0 Å². The van der Waals surface area contributed by atoms with Crippen LogP contribution in [-0.2, 0) is 14.3 Å². The monoisotopic (exact) mass is 222 g/mol. The van der Waals surface area contributed by atoms with E-state index in [0.717, 1.165) is 25.5 Å². The van der Waals surface area contributed by atoms with E-state index in [9.17, 15) is 9.59 Å². The Morgan fingerprint density at radius 3 is 2.50 bits per heavy atom. The van der Waals surface area contributed by atoms with Crippen LogP contribution >= 0.6 is 0 Å². The predicted molar refractivity (Wildman–Crippen MR) is 63.6 cm³/mol. The van der Waals surface area contributed by atoms with E-state index >= 15 is 0 Å². The van der Waals surface area contributed by atoms with Gasteiger partial charge in [-0.05, 0) is 19.8 Å². The minimum atomic E-state index is -0.387. The summed E-state index contributed by atoms with van der Waals surface area (Å²) >= 11 is 0. The Morgan fingerprint density at radius 2 is 2.19 bits per heavy atom. The van der Waals surface area contributed by atoms with Gasteiger partial charge < -0.3 is 4.74 Å². The van der Waals surface area contributed by atoms with Gasteiger partial charge in [-0.2, -0.15) is 0 Å². The Hall–Kier alpha value is -1.64. The molecule has 0 aromatic carbocycles. The molecule has 1 aliphatic rings. The maximum Gasteiger partial charge on any atom is 0.335 e. The van der Waals surface area contributed by atoms with Crippen molar-refractivity contribution in [2.24, 2.45) is 5.92 Å². The largest absolute Gasteiger partial charge is 0.432 e. The SMILES string of the molecule is C=CC1CCCC1=O.C=COC(=O)/C=C/C. The van der Waals surface area contributed by atoms with Crippen LogP contribution in [0.25, 0.3) is 0 Å². The van der Waals surface area contributed by atoms with E-state index in [2.05, 4.69) is 17.9 Å². The van der Waals surface area contributed by atoms with Gasteiger partial charge in [0.2, 0.25) is 0 Å². The molecule has 0 amide bonds. The van der Waals surface area contributed by atoms with Gasteiger partial charge in [0, 0.05) is 18.4 Å². The van der Waals surface area contributed by atoms with Crippen LogP contribution in [0.5, 0.6) is 0 Å². The maximum atomic E-state index is 10.7. The number of carbonyl (C=O) groups excluding carboxylic acids is 2. The number of esters is 1. The van der Waals surface area contributed by atoms with E-state index in [4.69, 9.17) is 0 Å². The lowest BCUT2D eigenvalue weighted by Crippen LogP contribution is -2.00. The normalized spacial score (nSPS) is 18.8. The van der Waals surface area contributed by atoms with Crippen molar-refractivity contribution in [2.45, 2.75) is 26.2 Å². The van der Waals surface area contributed by atoms with E-state index in [1.807, 2.05) is 0 Å². The van der Waals surface area contributed by atoms with E-state index in [0.29, 0.717) is 5.78 Å². The fourth-order valence-corrected chi connectivity index (χ4v) is 1.35. The number of ether oxygens (including phenoxy) is 1. The second-order valence-electron chi connectivity index (χ2n) is 3.30. The standard InChI is InChI=1S/C7H10O.C6H8O2/c1-2-6-4-3-5-7(6)8;1-3-5-6(7)8-4-2/h2,6H,1,3-5H2;3-5H,2H2,1H3/b;5-3+. The molecule has 1 aliphatic carbocycles. The molecule has 0 N–H and O–H groups in total. The summed E-state index contributed by atoms with van der Waals surface area (Å²) in [6.45, 7) is 8.52. The molecule has 0 heterocycles. The lowest BCUT2D eigenvalue weighted by molar-refractivity contribution is -0.132.